The number of hydrogen-bond acceptors (Lipinski definition) is 4. The van der Waals surface area contributed by atoms with Crippen molar-refractivity contribution in [3.8, 4) is 0 Å². The average Bonchev–Trinajstić information content (AvgIpc) is 2.74. The van der Waals surface area contributed by atoms with Gasteiger partial charge in [-0.1, -0.05) is 13.3 Å². The van der Waals surface area contributed by atoms with E-state index in [1.54, 1.807) is 7.11 Å². The Bertz CT molecular complexity index is 286. The minimum Gasteiger partial charge on any atom is -0.382 e. The molecular weight excluding hydrogens is 244 g/mol. The first-order valence-corrected chi connectivity index (χ1v) is 7.22. The van der Waals surface area contributed by atoms with Gasteiger partial charge in [0.1, 0.15) is 5.54 Å². The van der Waals surface area contributed by atoms with Crippen molar-refractivity contribution in [3.05, 3.63) is 0 Å². The lowest BCUT2D eigenvalue weighted by Crippen LogP contribution is -2.58. The van der Waals surface area contributed by atoms with Gasteiger partial charge in [0.2, 0.25) is 5.91 Å². The number of primary amides is 1. The molecule has 0 bridgehead atoms. The number of nitrogens with one attached hydrogen (secondary N) is 1. The molecule has 1 aliphatic carbocycles. The molecule has 5 nitrogen and oxygen atoms in total. The van der Waals surface area contributed by atoms with E-state index in [9.17, 15) is 4.79 Å². The van der Waals surface area contributed by atoms with Crippen LogP contribution in [0.4, 0.5) is 0 Å². The lowest BCUT2D eigenvalue weighted by Gasteiger charge is -2.33. The molecule has 0 aromatic carbocycles. The molecule has 3 N–H and O–H groups in total. The highest BCUT2D eigenvalue weighted by Crippen LogP contribution is 2.37. The second kappa shape index (κ2) is 7.82. The summed E-state index contributed by atoms with van der Waals surface area (Å²) in [6, 6.07) is 0. The Morgan fingerprint density at radius 1 is 1.58 bits per heavy atom. The first kappa shape index (κ1) is 16.4. The molecule has 112 valence electrons. The maximum Gasteiger partial charge on any atom is 0.238 e. The van der Waals surface area contributed by atoms with Gasteiger partial charge in [0.25, 0.3) is 0 Å². The Morgan fingerprint density at radius 2 is 2.32 bits per heavy atom. The summed E-state index contributed by atoms with van der Waals surface area (Å²) >= 11 is 0. The second-order valence-electron chi connectivity index (χ2n) is 5.38. The fourth-order valence-electron chi connectivity index (χ4n) is 3.12. The number of likely N-dealkylation sites (N-methyl/N-ethyl adjacent to an activating group) is 1. The minimum atomic E-state index is -0.525. The van der Waals surface area contributed by atoms with Crippen molar-refractivity contribution >= 4 is 5.91 Å². The van der Waals surface area contributed by atoms with Crippen LogP contribution in [0, 0.1) is 5.92 Å². The lowest BCUT2D eigenvalue weighted by molar-refractivity contribution is -0.126. The van der Waals surface area contributed by atoms with Gasteiger partial charge in [-0.2, -0.15) is 0 Å². The van der Waals surface area contributed by atoms with Gasteiger partial charge in [-0.3, -0.25) is 4.79 Å². The summed E-state index contributed by atoms with van der Waals surface area (Å²) in [5, 5.41) is 3.32. The molecule has 3 atom stereocenters. The van der Waals surface area contributed by atoms with Crippen LogP contribution in [0.15, 0.2) is 0 Å². The zero-order chi connectivity index (χ0) is 14.3. The maximum absolute atomic E-state index is 11.8. The number of rotatable bonds is 9. The standard InChI is InChI=1S/C14H28N2O3/c1-4-16-14(13(15)17)8-5-6-12(14)7-9-19-11(2)10-18-3/h11-12,16H,4-10H2,1-3H3,(H2,15,17). The van der Waals surface area contributed by atoms with Crippen molar-refractivity contribution in [2.75, 3.05) is 26.9 Å². The number of amides is 1. The molecule has 0 saturated heterocycles. The average molecular weight is 272 g/mol. The predicted octanol–water partition coefficient (Wildman–Crippen LogP) is 1.06. The third-order valence-electron chi connectivity index (χ3n) is 4.02. The number of methoxy groups -OCH3 is 1. The van der Waals surface area contributed by atoms with Crippen LogP contribution in [-0.2, 0) is 14.3 Å². The van der Waals surface area contributed by atoms with E-state index < -0.39 is 5.54 Å². The summed E-state index contributed by atoms with van der Waals surface area (Å²) < 4.78 is 10.7. The van der Waals surface area contributed by atoms with Crippen LogP contribution in [0.25, 0.3) is 0 Å². The van der Waals surface area contributed by atoms with Gasteiger partial charge in [-0.05, 0) is 38.6 Å². The molecule has 1 amide bonds. The zero-order valence-corrected chi connectivity index (χ0v) is 12.4. The van der Waals surface area contributed by atoms with E-state index in [0.29, 0.717) is 13.2 Å². The molecule has 0 spiro atoms. The van der Waals surface area contributed by atoms with Crippen molar-refractivity contribution < 1.29 is 14.3 Å². The first-order chi connectivity index (χ1) is 9.06. The molecule has 0 aromatic rings. The monoisotopic (exact) mass is 272 g/mol. The summed E-state index contributed by atoms with van der Waals surface area (Å²) in [4.78, 5) is 11.8. The van der Waals surface area contributed by atoms with Crippen LogP contribution < -0.4 is 11.1 Å². The van der Waals surface area contributed by atoms with E-state index in [-0.39, 0.29) is 17.9 Å². The van der Waals surface area contributed by atoms with Crippen molar-refractivity contribution in [2.24, 2.45) is 11.7 Å². The van der Waals surface area contributed by atoms with Crippen LogP contribution in [0.5, 0.6) is 0 Å². The SMILES string of the molecule is CCNC1(C(N)=O)CCCC1CCOC(C)COC. The molecular formula is C14H28N2O3. The first-order valence-electron chi connectivity index (χ1n) is 7.22. The molecule has 1 saturated carbocycles. The highest BCUT2D eigenvalue weighted by molar-refractivity contribution is 5.85. The van der Waals surface area contributed by atoms with E-state index >= 15 is 0 Å². The second-order valence-corrected chi connectivity index (χ2v) is 5.38. The molecule has 5 heteroatoms. The highest BCUT2D eigenvalue weighted by Gasteiger charge is 2.46. The van der Waals surface area contributed by atoms with Crippen LogP contribution in [0.1, 0.15) is 39.5 Å². The van der Waals surface area contributed by atoms with Crippen LogP contribution >= 0.6 is 0 Å². The molecule has 1 fully saturated rings. The third-order valence-corrected chi connectivity index (χ3v) is 4.02. The quantitative estimate of drug-likeness (QED) is 0.658. The molecule has 0 radical (unpaired) electrons. The molecule has 0 aliphatic heterocycles. The van der Waals surface area contributed by atoms with Gasteiger partial charge < -0.3 is 20.5 Å². The third kappa shape index (κ3) is 4.16. The largest absolute Gasteiger partial charge is 0.382 e. The van der Waals surface area contributed by atoms with Crippen molar-refractivity contribution in [3.63, 3.8) is 0 Å². The summed E-state index contributed by atoms with van der Waals surface area (Å²) in [6.45, 7) is 6.01. The Labute approximate surface area is 116 Å². The van der Waals surface area contributed by atoms with Gasteiger partial charge in [0.15, 0.2) is 0 Å². The van der Waals surface area contributed by atoms with Crippen LogP contribution in [0.3, 0.4) is 0 Å². The fourth-order valence-corrected chi connectivity index (χ4v) is 3.12. The molecule has 1 rings (SSSR count). The van der Waals surface area contributed by atoms with Gasteiger partial charge in [0, 0.05) is 13.7 Å². The van der Waals surface area contributed by atoms with Crippen LogP contribution in [-0.4, -0.2) is 44.4 Å². The van der Waals surface area contributed by atoms with Gasteiger partial charge >= 0.3 is 0 Å². The van der Waals surface area contributed by atoms with E-state index in [1.807, 2.05) is 13.8 Å². The summed E-state index contributed by atoms with van der Waals surface area (Å²) in [5.41, 5.74) is 5.10. The molecule has 3 unspecified atom stereocenters. The van der Waals surface area contributed by atoms with Gasteiger partial charge in [-0.15, -0.1) is 0 Å². The minimum absolute atomic E-state index is 0.0912. The lowest BCUT2D eigenvalue weighted by atomic mass is 9.84. The fraction of sp³-hybridized carbons (Fsp3) is 0.929. The van der Waals surface area contributed by atoms with Crippen LogP contribution in [0.2, 0.25) is 0 Å². The molecule has 0 aromatic heterocycles. The Balaban J connectivity index is 2.48. The predicted molar refractivity (Wildman–Crippen MR) is 74.9 cm³/mol. The normalized spacial score (nSPS) is 28.5. The smallest absolute Gasteiger partial charge is 0.238 e. The van der Waals surface area contributed by atoms with E-state index in [4.69, 9.17) is 15.2 Å². The summed E-state index contributed by atoms with van der Waals surface area (Å²) in [5.74, 6) is 0.0569. The molecule has 0 heterocycles. The van der Waals surface area contributed by atoms with Crippen molar-refractivity contribution in [2.45, 2.75) is 51.2 Å². The Morgan fingerprint density at radius 3 is 2.89 bits per heavy atom. The topological polar surface area (TPSA) is 73.6 Å². The zero-order valence-electron chi connectivity index (χ0n) is 12.4. The summed E-state index contributed by atoms with van der Waals surface area (Å²) in [7, 11) is 1.67. The maximum atomic E-state index is 11.8. The van der Waals surface area contributed by atoms with Gasteiger partial charge in [0.05, 0.1) is 12.7 Å². The van der Waals surface area contributed by atoms with E-state index in [1.165, 1.54) is 0 Å². The highest BCUT2D eigenvalue weighted by atomic mass is 16.5. The molecule has 19 heavy (non-hydrogen) atoms. The van der Waals surface area contributed by atoms with E-state index in [0.717, 1.165) is 32.2 Å². The van der Waals surface area contributed by atoms with Crippen molar-refractivity contribution in [1.29, 1.82) is 0 Å². The number of carbonyl (C=O) groups is 1. The summed E-state index contributed by atoms with van der Waals surface area (Å²) in [6.07, 6.45) is 3.89. The van der Waals surface area contributed by atoms with Crippen molar-refractivity contribution in [1.82, 2.24) is 5.32 Å². The molecule has 1 aliphatic rings. The Kier molecular flexibility index (Phi) is 6.75. The number of carbonyl (C=O) groups excluding carboxylic acids is 1. The van der Waals surface area contributed by atoms with E-state index in [2.05, 4.69) is 5.32 Å². The Hall–Kier alpha value is -0.650. The number of nitrogens with two attached hydrogens (primary N) is 1. The number of ether oxygens (including phenoxy) is 2. The van der Waals surface area contributed by atoms with Gasteiger partial charge in [-0.25, -0.2) is 0 Å². The number of hydrogen-bond donors (Lipinski definition) is 2.